The molecule has 4 nitrogen and oxygen atoms in total. The van der Waals surface area contributed by atoms with Gasteiger partial charge in [0.05, 0.1) is 13.2 Å². The molecule has 2 saturated heterocycles. The topological polar surface area (TPSA) is 45.3 Å². The molecule has 2 rings (SSSR count). The van der Waals surface area contributed by atoms with Crippen LogP contribution in [0.5, 0.6) is 0 Å². The predicted molar refractivity (Wildman–Crippen MR) is 90.5 cm³/mol. The summed E-state index contributed by atoms with van der Waals surface area (Å²) in [5, 5.41) is 9.60. The molecule has 0 amide bonds. The molecule has 0 aliphatic carbocycles. The van der Waals surface area contributed by atoms with Crippen LogP contribution in [0.3, 0.4) is 0 Å². The molecular weight excluding hydrogens is 250 g/mol. The van der Waals surface area contributed by atoms with Gasteiger partial charge >= 0.3 is 0 Å². The fourth-order valence-electron chi connectivity index (χ4n) is 1.12. The maximum atomic E-state index is 5.01. The van der Waals surface area contributed by atoms with Gasteiger partial charge in [-0.1, -0.05) is 41.5 Å². The summed E-state index contributed by atoms with van der Waals surface area (Å²) in [6.45, 7) is 21.4. The lowest BCUT2D eigenvalue weighted by molar-refractivity contribution is 0.109. The minimum Gasteiger partial charge on any atom is -0.379 e. The van der Waals surface area contributed by atoms with Crippen LogP contribution in [-0.4, -0.2) is 52.5 Å². The molecule has 2 fully saturated rings. The van der Waals surface area contributed by atoms with Crippen LogP contribution in [0.15, 0.2) is 0 Å². The summed E-state index contributed by atoms with van der Waals surface area (Å²) in [4.78, 5) is 0. The third-order valence-electron chi connectivity index (χ3n) is 1.80. The highest BCUT2D eigenvalue weighted by atomic mass is 16.5. The Morgan fingerprint density at radius 2 is 0.800 bits per heavy atom. The number of hydrogen-bond acceptors (Lipinski definition) is 4. The van der Waals surface area contributed by atoms with Crippen LogP contribution in [0.25, 0.3) is 0 Å². The Morgan fingerprint density at radius 1 is 0.550 bits per heavy atom. The number of hydrogen-bond donors (Lipinski definition) is 3. The van der Waals surface area contributed by atoms with E-state index in [-0.39, 0.29) is 0 Å². The van der Waals surface area contributed by atoms with Gasteiger partial charge in [-0.05, 0) is 11.8 Å². The molecule has 2 aliphatic rings. The van der Waals surface area contributed by atoms with E-state index in [1.807, 2.05) is 0 Å². The van der Waals surface area contributed by atoms with Crippen LogP contribution >= 0.6 is 0 Å². The Labute approximate surface area is 127 Å². The molecule has 124 valence electrons. The summed E-state index contributed by atoms with van der Waals surface area (Å²) in [6.07, 6.45) is 0. The third kappa shape index (κ3) is 36.1. The molecule has 2 heterocycles. The Kier molecular flexibility index (Phi) is 20.8. The molecule has 3 N–H and O–H groups in total. The average Bonchev–Trinajstić information content (AvgIpc) is 2.42. The lowest BCUT2D eigenvalue weighted by Gasteiger charge is -2.11. The summed E-state index contributed by atoms with van der Waals surface area (Å²) in [7, 11) is 0. The van der Waals surface area contributed by atoms with Gasteiger partial charge in [0, 0.05) is 39.3 Å². The van der Waals surface area contributed by atoms with Gasteiger partial charge < -0.3 is 20.7 Å². The largest absolute Gasteiger partial charge is 0.379 e. The fraction of sp³-hybridized carbons (Fsp3) is 1.00. The maximum Gasteiger partial charge on any atom is 0.0591 e. The monoisotopic (exact) mass is 289 g/mol. The van der Waals surface area contributed by atoms with E-state index >= 15 is 0 Å². The lowest BCUT2D eigenvalue weighted by atomic mass is 10.3. The lowest BCUT2D eigenvalue weighted by Crippen LogP contribution is -2.39. The molecule has 0 aromatic heterocycles. The van der Waals surface area contributed by atoms with Crippen molar-refractivity contribution < 1.29 is 4.74 Å². The summed E-state index contributed by atoms with van der Waals surface area (Å²) in [6, 6.07) is 0. The van der Waals surface area contributed by atoms with Crippen molar-refractivity contribution in [2.75, 3.05) is 52.5 Å². The zero-order valence-electron chi connectivity index (χ0n) is 14.7. The summed E-state index contributed by atoms with van der Waals surface area (Å²) in [5.41, 5.74) is 0. The molecular formula is C16H39N3O. The molecule has 4 heteroatoms. The highest BCUT2D eigenvalue weighted by molar-refractivity contribution is 4.59. The van der Waals surface area contributed by atoms with E-state index in [1.54, 1.807) is 0 Å². The van der Waals surface area contributed by atoms with E-state index < -0.39 is 0 Å². The van der Waals surface area contributed by atoms with Crippen LogP contribution in [0.2, 0.25) is 0 Å². The minimum absolute atomic E-state index is 0.833. The first-order valence-corrected chi connectivity index (χ1v) is 8.16. The molecule has 0 aromatic rings. The molecule has 0 aromatic carbocycles. The van der Waals surface area contributed by atoms with Crippen molar-refractivity contribution in [3.8, 4) is 0 Å². The number of nitrogens with one attached hydrogen (secondary N) is 3. The average molecular weight is 290 g/mol. The van der Waals surface area contributed by atoms with Crippen LogP contribution in [-0.2, 0) is 4.74 Å². The maximum absolute atomic E-state index is 5.01. The van der Waals surface area contributed by atoms with Gasteiger partial charge in [0.25, 0.3) is 0 Å². The van der Waals surface area contributed by atoms with Crippen LogP contribution in [0.1, 0.15) is 41.5 Å². The number of ether oxygens (including phenoxy) is 1. The quantitative estimate of drug-likeness (QED) is 0.639. The summed E-state index contributed by atoms with van der Waals surface area (Å²) >= 11 is 0. The Balaban J connectivity index is 0. The van der Waals surface area contributed by atoms with Crippen molar-refractivity contribution >= 4 is 0 Å². The molecule has 20 heavy (non-hydrogen) atoms. The second kappa shape index (κ2) is 18.8. The first-order valence-electron chi connectivity index (χ1n) is 8.16. The van der Waals surface area contributed by atoms with Crippen LogP contribution < -0.4 is 16.0 Å². The van der Waals surface area contributed by atoms with Crippen molar-refractivity contribution in [3.05, 3.63) is 0 Å². The summed E-state index contributed by atoms with van der Waals surface area (Å²) in [5.74, 6) is 1.67. The molecule has 0 spiro atoms. The van der Waals surface area contributed by atoms with Gasteiger partial charge in [0.15, 0.2) is 0 Å². The fourth-order valence-corrected chi connectivity index (χ4v) is 1.12. The van der Waals surface area contributed by atoms with E-state index in [0.29, 0.717) is 0 Å². The molecule has 0 bridgehead atoms. The number of morpholine rings is 1. The van der Waals surface area contributed by atoms with Crippen LogP contribution in [0, 0.1) is 11.8 Å². The van der Waals surface area contributed by atoms with E-state index in [4.69, 9.17) is 4.74 Å². The first kappa shape index (κ1) is 22.1. The summed E-state index contributed by atoms with van der Waals surface area (Å²) < 4.78 is 5.01. The highest BCUT2D eigenvalue weighted by Crippen LogP contribution is 1.81. The molecule has 0 unspecified atom stereocenters. The van der Waals surface area contributed by atoms with Crippen molar-refractivity contribution in [1.82, 2.24) is 16.0 Å². The first-order chi connectivity index (χ1) is 9.46. The van der Waals surface area contributed by atoms with Crippen molar-refractivity contribution in [3.63, 3.8) is 0 Å². The van der Waals surface area contributed by atoms with E-state index in [1.165, 1.54) is 0 Å². The SMILES string of the molecule is C1CNCCN1.C1COCCN1.CC(C)C.CC(C)C. The van der Waals surface area contributed by atoms with Crippen LogP contribution in [0.4, 0.5) is 0 Å². The molecule has 0 atom stereocenters. The molecule has 0 saturated carbocycles. The number of piperazine rings is 1. The van der Waals surface area contributed by atoms with Gasteiger partial charge in [-0.25, -0.2) is 0 Å². The normalized spacial score (nSPS) is 18.0. The Hall–Kier alpha value is -0.160. The zero-order chi connectivity index (χ0) is 15.6. The van der Waals surface area contributed by atoms with Gasteiger partial charge in [0.1, 0.15) is 0 Å². The van der Waals surface area contributed by atoms with E-state index in [9.17, 15) is 0 Å². The molecule has 0 radical (unpaired) electrons. The minimum atomic E-state index is 0.833. The van der Waals surface area contributed by atoms with Gasteiger partial charge in [-0.2, -0.15) is 0 Å². The van der Waals surface area contributed by atoms with Crippen molar-refractivity contribution in [1.29, 1.82) is 0 Å². The van der Waals surface area contributed by atoms with Gasteiger partial charge in [-0.3, -0.25) is 0 Å². The predicted octanol–water partition coefficient (Wildman–Crippen LogP) is 2.11. The Morgan fingerprint density at radius 3 is 0.900 bits per heavy atom. The van der Waals surface area contributed by atoms with E-state index in [0.717, 1.165) is 64.3 Å². The second-order valence-electron chi connectivity index (χ2n) is 6.33. The van der Waals surface area contributed by atoms with Gasteiger partial charge in [0.2, 0.25) is 0 Å². The zero-order valence-corrected chi connectivity index (χ0v) is 14.7. The van der Waals surface area contributed by atoms with E-state index in [2.05, 4.69) is 57.5 Å². The van der Waals surface area contributed by atoms with Crippen molar-refractivity contribution in [2.24, 2.45) is 11.8 Å². The van der Waals surface area contributed by atoms with Crippen molar-refractivity contribution in [2.45, 2.75) is 41.5 Å². The Bertz CT molecular complexity index is 109. The highest BCUT2D eigenvalue weighted by Gasteiger charge is 1.93. The number of rotatable bonds is 0. The van der Waals surface area contributed by atoms with Gasteiger partial charge in [-0.15, -0.1) is 0 Å². The second-order valence-corrected chi connectivity index (χ2v) is 6.33. The third-order valence-corrected chi connectivity index (χ3v) is 1.80. The smallest absolute Gasteiger partial charge is 0.0591 e. The molecule has 2 aliphatic heterocycles. The standard InChI is InChI=1S/C4H10N2.C4H9NO.2C4H10/c1-2-6-4-3-5-1;1-3-6-4-2-5-1;2*1-4(2)3/h5-6H,1-4H2;5H,1-4H2;2*4H,1-3H3.